The van der Waals surface area contributed by atoms with Crippen molar-refractivity contribution in [2.45, 2.75) is 13.8 Å². The van der Waals surface area contributed by atoms with Crippen molar-refractivity contribution in [3.63, 3.8) is 0 Å². The van der Waals surface area contributed by atoms with E-state index in [1.807, 2.05) is 6.92 Å². The maximum atomic E-state index is 11.6. The minimum absolute atomic E-state index is 0.262. The van der Waals surface area contributed by atoms with E-state index in [1.54, 1.807) is 31.2 Å². The van der Waals surface area contributed by atoms with Crippen LogP contribution in [0.25, 0.3) is 0 Å². The zero-order valence-corrected chi connectivity index (χ0v) is 10.9. The van der Waals surface area contributed by atoms with Crippen LogP contribution in [0.15, 0.2) is 29.4 Å². The summed E-state index contributed by atoms with van der Waals surface area (Å²) in [6.45, 7) is 4.39. The van der Waals surface area contributed by atoms with Gasteiger partial charge in [-0.3, -0.25) is 4.79 Å². The van der Waals surface area contributed by atoms with Crippen molar-refractivity contribution in [2.24, 2.45) is 5.10 Å². The van der Waals surface area contributed by atoms with E-state index in [0.717, 1.165) is 6.21 Å². The van der Waals surface area contributed by atoms with E-state index in [9.17, 15) is 9.59 Å². The molecule has 1 N–H and O–H groups in total. The first-order valence-corrected chi connectivity index (χ1v) is 5.90. The number of rotatable bonds is 6. The summed E-state index contributed by atoms with van der Waals surface area (Å²) in [6.07, 6.45) is 0.913. The van der Waals surface area contributed by atoms with Gasteiger partial charge in [-0.15, -0.1) is 0 Å². The number of carbonyl (C=O) groups is 2. The van der Waals surface area contributed by atoms with E-state index in [-0.39, 0.29) is 6.61 Å². The third kappa shape index (κ3) is 5.20. The molecule has 0 bridgehead atoms. The molecule has 1 aromatic carbocycles. The molecule has 102 valence electrons. The number of carbonyl (C=O) groups excluding carboxylic acids is 2. The number of nitrogens with one attached hydrogen (secondary N) is 1. The molecule has 6 nitrogen and oxygen atoms in total. The van der Waals surface area contributed by atoms with E-state index >= 15 is 0 Å². The molecule has 0 aliphatic carbocycles. The molecule has 6 heteroatoms. The molecule has 0 atom stereocenters. The molecule has 1 aromatic rings. The molecule has 0 aliphatic rings. The van der Waals surface area contributed by atoms with Crippen LogP contribution in [0.2, 0.25) is 0 Å². The van der Waals surface area contributed by atoms with E-state index in [2.05, 4.69) is 15.3 Å². The SMILES string of the molecule is CCOC(=O)/C=N/NC(=O)c1ccc(OCC)cc1. The first kappa shape index (κ1) is 14.7. The quantitative estimate of drug-likeness (QED) is 0.478. The Kier molecular flexibility index (Phi) is 6.08. The second-order valence-corrected chi connectivity index (χ2v) is 3.41. The van der Waals surface area contributed by atoms with Crippen LogP contribution in [-0.4, -0.2) is 31.3 Å². The molecule has 0 heterocycles. The normalized spacial score (nSPS) is 10.2. The van der Waals surface area contributed by atoms with Gasteiger partial charge in [0.2, 0.25) is 0 Å². The van der Waals surface area contributed by atoms with Crippen LogP contribution in [0.1, 0.15) is 24.2 Å². The Labute approximate surface area is 111 Å². The van der Waals surface area contributed by atoms with Crippen molar-refractivity contribution in [1.29, 1.82) is 0 Å². The smallest absolute Gasteiger partial charge is 0.351 e. The van der Waals surface area contributed by atoms with Crippen molar-refractivity contribution in [3.05, 3.63) is 29.8 Å². The van der Waals surface area contributed by atoms with Gasteiger partial charge in [0.05, 0.1) is 13.2 Å². The molecule has 1 rings (SSSR count). The zero-order valence-electron chi connectivity index (χ0n) is 10.9. The maximum Gasteiger partial charge on any atom is 0.351 e. The molecule has 0 spiro atoms. The fourth-order valence-electron chi connectivity index (χ4n) is 1.26. The predicted octanol–water partition coefficient (Wildman–Crippen LogP) is 1.36. The Morgan fingerprint density at radius 1 is 1.21 bits per heavy atom. The number of hydrogen-bond acceptors (Lipinski definition) is 5. The van der Waals surface area contributed by atoms with Crippen molar-refractivity contribution < 1.29 is 19.1 Å². The summed E-state index contributed by atoms with van der Waals surface area (Å²) >= 11 is 0. The van der Waals surface area contributed by atoms with Gasteiger partial charge in [0.25, 0.3) is 5.91 Å². The van der Waals surface area contributed by atoms with Gasteiger partial charge in [-0.05, 0) is 38.1 Å². The summed E-state index contributed by atoms with van der Waals surface area (Å²) in [5.41, 5.74) is 2.65. The average Bonchev–Trinajstić information content (AvgIpc) is 2.40. The van der Waals surface area contributed by atoms with Gasteiger partial charge >= 0.3 is 5.97 Å². The van der Waals surface area contributed by atoms with Gasteiger partial charge in [0.15, 0.2) is 0 Å². The molecule has 19 heavy (non-hydrogen) atoms. The Morgan fingerprint density at radius 2 is 1.89 bits per heavy atom. The average molecular weight is 264 g/mol. The fraction of sp³-hybridized carbons (Fsp3) is 0.308. The summed E-state index contributed by atoms with van der Waals surface area (Å²) in [6, 6.07) is 6.60. The van der Waals surface area contributed by atoms with Gasteiger partial charge in [-0.25, -0.2) is 10.2 Å². The van der Waals surface area contributed by atoms with Crippen molar-refractivity contribution in [3.8, 4) is 5.75 Å². The number of esters is 1. The Balaban J connectivity index is 2.51. The van der Waals surface area contributed by atoms with Gasteiger partial charge in [-0.1, -0.05) is 0 Å². The van der Waals surface area contributed by atoms with Crippen LogP contribution >= 0.6 is 0 Å². The molecule has 0 saturated heterocycles. The van der Waals surface area contributed by atoms with Gasteiger partial charge in [0, 0.05) is 5.56 Å². The molecular weight excluding hydrogens is 248 g/mol. The number of nitrogens with zero attached hydrogens (tertiary/aromatic N) is 1. The molecule has 0 unspecified atom stereocenters. The lowest BCUT2D eigenvalue weighted by atomic mass is 10.2. The summed E-state index contributed by atoms with van der Waals surface area (Å²) in [5.74, 6) is -0.327. The zero-order chi connectivity index (χ0) is 14.1. The summed E-state index contributed by atoms with van der Waals surface area (Å²) in [5, 5.41) is 3.49. The van der Waals surface area contributed by atoms with Crippen molar-refractivity contribution in [1.82, 2.24) is 5.43 Å². The number of hydrogen-bond donors (Lipinski definition) is 1. The molecule has 0 aliphatic heterocycles. The Morgan fingerprint density at radius 3 is 2.47 bits per heavy atom. The highest BCUT2D eigenvalue weighted by molar-refractivity contribution is 6.23. The molecule has 0 fully saturated rings. The second kappa shape index (κ2) is 7.86. The topological polar surface area (TPSA) is 77.0 Å². The van der Waals surface area contributed by atoms with Crippen LogP contribution in [0.3, 0.4) is 0 Å². The lowest BCUT2D eigenvalue weighted by Crippen LogP contribution is -2.19. The van der Waals surface area contributed by atoms with Crippen LogP contribution in [0, 0.1) is 0 Å². The molecule has 1 amide bonds. The third-order valence-electron chi connectivity index (χ3n) is 2.05. The maximum absolute atomic E-state index is 11.6. The van der Waals surface area contributed by atoms with Gasteiger partial charge < -0.3 is 9.47 Å². The standard InChI is InChI=1S/C13H16N2O4/c1-3-18-11-7-5-10(6-8-11)13(17)15-14-9-12(16)19-4-2/h5-9H,3-4H2,1-2H3,(H,15,17)/b14-9+. The fourth-order valence-corrected chi connectivity index (χ4v) is 1.26. The van der Waals surface area contributed by atoms with Crippen LogP contribution in [0.4, 0.5) is 0 Å². The third-order valence-corrected chi connectivity index (χ3v) is 2.05. The highest BCUT2D eigenvalue weighted by Gasteiger charge is 2.04. The van der Waals surface area contributed by atoms with E-state index < -0.39 is 11.9 Å². The number of ether oxygens (including phenoxy) is 2. The number of benzene rings is 1. The van der Waals surface area contributed by atoms with Crippen LogP contribution in [-0.2, 0) is 9.53 Å². The summed E-state index contributed by atoms with van der Waals surface area (Å²) in [7, 11) is 0. The Bertz CT molecular complexity index is 454. The minimum Gasteiger partial charge on any atom is -0.494 e. The second-order valence-electron chi connectivity index (χ2n) is 3.41. The highest BCUT2D eigenvalue weighted by Crippen LogP contribution is 2.11. The van der Waals surface area contributed by atoms with Crippen molar-refractivity contribution >= 4 is 18.1 Å². The van der Waals surface area contributed by atoms with Crippen LogP contribution < -0.4 is 10.2 Å². The monoisotopic (exact) mass is 264 g/mol. The summed E-state index contributed by atoms with van der Waals surface area (Å²) in [4.78, 5) is 22.6. The highest BCUT2D eigenvalue weighted by atomic mass is 16.5. The minimum atomic E-state index is -0.602. The van der Waals surface area contributed by atoms with Crippen molar-refractivity contribution in [2.75, 3.05) is 13.2 Å². The van der Waals surface area contributed by atoms with Gasteiger partial charge in [0.1, 0.15) is 12.0 Å². The largest absolute Gasteiger partial charge is 0.494 e. The number of amides is 1. The van der Waals surface area contributed by atoms with Crippen LogP contribution in [0.5, 0.6) is 5.75 Å². The molecular formula is C13H16N2O4. The predicted molar refractivity (Wildman–Crippen MR) is 70.2 cm³/mol. The first-order chi connectivity index (χ1) is 9.17. The lowest BCUT2D eigenvalue weighted by molar-refractivity contribution is -0.134. The van der Waals surface area contributed by atoms with E-state index in [1.165, 1.54) is 0 Å². The summed E-state index contributed by atoms with van der Waals surface area (Å²) < 4.78 is 9.87. The number of hydrazone groups is 1. The van der Waals surface area contributed by atoms with Gasteiger partial charge in [-0.2, -0.15) is 5.10 Å². The molecule has 0 saturated carbocycles. The first-order valence-electron chi connectivity index (χ1n) is 5.90. The van der Waals surface area contributed by atoms with E-state index in [4.69, 9.17) is 4.74 Å². The van der Waals surface area contributed by atoms with E-state index in [0.29, 0.717) is 17.9 Å². The Hall–Kier alpha value is -2.37. The molecule has 0 aromatic heterocycles. The lowest BCUT2D eigenvalue weighted by Gasteiger charge is -2.03. The molecule has 0 radical (unpaired) electrons.